The van der Waals surface area contributed by atoms with Gasteiger partial charge in [-0.15, -0.1) is 0 Å². The molecule has 1 N–H and O–H groups in total. The number of unbranched alkanes of at least 4 members (excludes halogenated alkanes) is 7. The van der Waals surface area contributed by atoms with Crippen LogP contribution in [0.4, 0.5) is 0 Å². The van der Waals surface area contributed by atoms with Gasteiger partial charge in [0.25, 0.3) is 0 Å². The predicted molar refractivity (Wildman–Crippen MR) is 152 cm³/mol. The van der Waals surface area contributed by atoms with Crippen molar-refractivity contribution in [1.82, 2.24) is 0 Å². The highest BCUT2D eigenvalue weighted by Gasteiger charge is 2.46. The molecule has 0 spiro atoms. The van der Waals surface area contributed by atoms with Gasteiger partial charge in [0, 0.05) is 6.42 Å². The van der Waals surface area contributed by atoms with E-state index in [0.717, 1.165) is 31.7 Å². The quantitative estimate of drug-likeness (QED) is 0.130. The molecule has 0 fully saturated rings. The minimum absolute atomic E-state index is 0.299. The highest BCUT2D eigenvalue weighted by atomic mass is 28.5. The lowest BCUT2D eigenvalue weighted by atomic mass is 10.1. The Kier molecular flexibility index (Phi) is 14.4. The molecule has 33 heavy (non-hydrogen) atoms. The Bertz CT molecular complexity index is 575. The van der Waals surface area contributed by atoms with Crippen LogP contribution in [0.1, 0.15) is 57.8 Å². The maximum atomic E-state index is 10.6. The largest absolute Gasteiger partial charge is 0.481 e. The summed E-state index contributed by atoms with van der Waals surface area (Å²) in [6.07, 6.45) is 9.22. The van der Waals surface area contributed by atoms with Crippen molar-refractivity contribution in [2.45, 2.75) is 136 Å². The molecule has 0 bridgehead atoms. The van der Waals surface area contributed by atoms with Gasteiger partial charge in [0.05, 0.1) is 0 Å². The number of rotatable bonds is 19. The molecule has 0 rings (SSSR count). The zero-order valence-corrected chi connectivity index (χ0v) is 28.6. The summed E-state index contributed by atoms with van der Waals surface area (Å²) in [5.41, 5.74) is 0. The SMILES string of the molecule is C[Si](C)(C)O[Si](C)(C)O[Si](C)(C)O[Si](C)(CCCCCCCCCCC(=O)O)O[Si](C)(C)C. The van der Waals surface area contributed by atoms with E-state index < -0.39 is 48.3 Å². The Morgan fingerprint density at radius 2 is 0.939 bits per heavy atom. The molecular weight excluding hydrogens is 501 g/mol. The van der Waals surface area contributed by atoms with Crippen LogP contribution >= 0.6 is 0 Å². The molecule has 0 heterocycles. The number of carboxylic acids is 1. The van der Waals surface area contributed by atoms with E-state index in [2.05, 4.69) is 72.0 Å². The number of hydrogen-bond acceptors (Lipinski definition) is 5. The molecule has 0 aliphatic heterocycles. The van der Waals surface area contributed by atoms with Crippen LogP contribution in [0.15, 0.2) is 0 Å². The Morgan fingerprint density at radius 3 is 1.36 bits per heavy atom. The van der Waals surface area contributed by atoms with Crippen molar-refractivity contribution in [1.29, 1.82) is 0 Å². The summed E-state index contributed by atoms with van der Waals surface area (Å²) in [7, 11) is -10.4. The zero-order chi connectivity index (χ0) is 26.0. The third kappa shape index (κ3) is 20.3. The molecule has 0 saturated carbocycles. The first kappa shape index (κ1) is 33.4. The van der Waals surface area contributed by atoms with Gasteiger partial charge in [0.2, 0.25) is 0 Å². The van der Waals surface area contributed by atoms with Gasteiger partial charge in [-0.2, -0.15) is 0 Å². The molecule has 0 amide bonds. The lowest BCUT2D eigenvalue weighted by Gasteiger charge is -2.42. The van der Waals surface area contributed by atoms with Crippen LogP contribution in [0.3, 0.4) is 0 Å². The maximum absolute atomic E-state index is 10.6. The topological polar surface area (TPSA) is 74.2 Å². The summed E-state index contributed by atoms with van der Waals surface area (Å²) in [6.45, 7) is 24.2. The molecule has 0 aromatic heterocycles. The summed E-state index contributed by atoms with van der Waals surface area (Å²) in [5.74, 6) is -0.684. The van der Waals surface area contributed by atoms with Crippen molar-refractivity contribution in [2.24, 2.45) is 0 Å². The van der Waals surface area contributed by atoms with E-state index in [4.69, 9.17) is 21.6 Å². The second-order valence-electron chi connectivity index (χ2n) is 12.3. The molecule has 0 aliphatic carbocycles. The number of aliphatic carboxylic acids is 1. The van der Waals surface area contributed by atoms with Crippen LogP contribution < -0.4 is 0 Å². The lowest BCUT2D eigenvalue weighted by molar-refractivity contribution is -0.137. The Hall–Kier alpha value is 0.394. The fourth-order valence-electron chi connectivity index (χ4n) is 4.44. The summed E-state index contributed by atoms with van der Waals surface area (Å²) in [6, 6.07) is 1.01. The fraction of sp³-hybridized carbons (Fsp3) is 0.955. The van der Waals surface area contributed by atoms with Crippen molar-refractivity contribution in [2.75, 3.05) is 0 Å². The van der Waals surface area contributed by atoms with E-state index in [9.17, 15) is 4.79 Å². The van der Waals surface area contributed by atoms with Gasteiger partial charge in [-0.1, -0.05) is 44.9 Å². The predicted octanol–water partition coefficient (Wildman–Crippen LogP) is 7.79. The maximum Gasteiger partial charge on any atom is 0.315 e. The summed E-state index contributed by atoms with van der Waals surface area (Å²) in [4.78, 5) is 10.6. The minimum Gasteiger partial charge on any atom is -0.481 e. The number of carboxylic acid groups (broad SMARTS) is 1. The van der Waals surface area contributed by atoms with E-state index in [1.54, 1.807) is 0 Å². The minimum atomic E-state index is -2.40. The lowest BCUT2D eigenvalue weighted by Crippen LogP contribution is -2.59. The van der Waals surface area contributed by atoms with Gasteiger partial charge in [0.15, 0.2) is 16.6 Å². The molecule has 198 valence electrons. The fourth-order valence-corrected chi connectivity index (χ4v) is 27.8. The zero-order valence-electron chi connectivity index (χ0n) is 23.6. The van der Waals surface area contributed by atoms with Crippen molar-refractivity contribution in [3.8, 4) is 0 Å². The monoisotopic (exact) mass is 554 g/mol. The smallest absolute Gasteiger partial charge is 0.315 e. The average Bonchev–Trinajstić information content (AvgIpc) is 2.49. The molecule has 0 aromatic carbocycles. The van der Waals surface area contributed by atoms with Crippen LogP contribution in [0, 0.1) is 0 Å². The highest BCUT2D eigenvalue weighted by Crippen LogP contribution is 2.29. The summed E-state index contributed by atoms with van der Waals surface area (Å²) in [5, 5.41) is 8.70. The van der Waals surface area contributed by atoms with Crippen molar-refractivity contribution < 1.29 is 26.4 Å². The number of hydrogen-bond donors (Lipinski definition) is 1. The van der Waals surface area contributed by atoms with Crippen LogP contribution in [0.25, 0.3) is 0 Å². The Balaban J connectivity index is 4.69. The second-order valence-corrected chi connectivity index (χ2v) is 32.4. The number of carbonyl (C=O) groups is 1. The van der Waals surface area contributed by atoms with E-state index >= 15 is 0 Å². The standard InChI is InChI=1S/C22H54O6Si5/c1-29(2,3)25-31(7,8)27-32(9,10)28-33(11,26-30(4,5)6)21-19-17-15-13-12-14-16-18-20-22(23)24/h12-21H2,1-11H3,(H,23,24). The van der Waals surface area contributed by atoms with Crippen LogP contribution in [-0.2, 0) is 21.3 Å². The average molecular weight is 555 g/mol. The van der Waals surface area contributed by atoms with Gasteiger partial charge in [-0.05, 0) is 84.5 Å². The Morgan fingerprint density at radius 1 is 0.545 bits per heavy atom. The van der Waals surface area contributed by atoms with Gasteiger partial charge < -0.3 is 21.6 Å². The van der Waals surface area contributed by atoms with E-state index in [1.165, 1.54) is 25.7 Å². The van der Waals surface area contributed by atoms with Gasteiger partial charge in [-0.3, -0.25) is 4.79 Å². The molecule has 6 nitrogen and oxygen atoms in total. The summed E-state index contributed by atoms with van der Waals surface area (Å²) >= 11 is 0. The molecule has 0 saturated heterocycles. The summed E-state index contributed by atoms with van der Waals surface area (Å²) < 4.78 is 26.6. The third-order valence-electron chi connectivity index (χ3n) is 4.80. The first-order valence-corrected chi connectivity index (χ1v) is 27.7. The normalized spacial score (nSPS) is 15.5. The highest BCUT2D eigenvalue weighted by molar-refractivity contribution is 6.90. The van der Waals surface area contributed by atoms with E-state index in [1.807, 2.05) is 0 Å². The van der Waals surface area contributed by atoms with E-state index in [0.29, 0.717) is 6.42 Å². The van der Waals surface area contributed by atoms with Crippen molar-refractivity contribution >= 4 is 48.3 Å². The molecule has 11 heteroatoms. The van der Waals surface area contributed by atoms with Crippen LogP contribution in [0.2, 0.25) is 78.1 Å². The first-order valence-electron chi connectivity index (χ1n) is 12.8. The molecule has 1 atom stereocenters. The van der Waals surface area contributed by atoms with Crippen LogP contribution in [0.5, 0.6) is 0 Å². The van der Waals surface area contributed by atoms with Crippen molar-refractivity contribution in [3.63, 3.8) is 0 Å². The molecular formula is C22H54O6Si5. The molecule has 0 aliphatic rings. The van der Waals surface area contributed by atoms with Gasteiger partial charge >= 0.3 is 31.7 Å². The van der Waals surface area contributed by atoms with Gasteiger partial charge in [-0.25, -0.2) is 0 Å². The first-order chi connectivity index (χ1) is 14.7. The van der Waals surface area contributed by atoms with Crippen LogP contribution in [-0.4, -0.2) is 53.4 Å². The van der Waals surface area contributed by atoms with E-state index in [-0.39, 0.29) is 0 Å². The third-order valence-corrected chi connectivity index (χ3v) is 22.3. The van der Waals surface area contributed by atoms with Crippen molar-refractivity contribution in [3.05, 3.63) is 0 Å². The molecule has 0 aromatic rings. The second kappa shape index (κ2) is 14.2. The Labute approximate surface area is 210 Å². The van der Waals surface area contributed by atoms with Gasteiger partial charge in [0.1, 0.15) is 0 Å². The molecule has 1 unspecified atom stereocenters. The molecule has 0 radical (unpaired) electrons.